The van der Waals surface area contributed by atoms with Gasteiger partial charge < -0.3 is 10.0 Å². The van der Waals surface area contributed by atoms with Crippen molar-refractivity contribution in [1.82, 2.24) is 9.58 Å². The number of halogens is 2. The Bertz CT molecular complexity index is 1510. The summed E-state index contributed by atoms with van der Waals surface area (Å²) in [6.07, 6.45) is 2.21. The first-order chi connectivity index (χ1) is 17.6. The van der Waals surface area contributed by atoms with Gasteiger partial charge in [0.25, 0.3) is 5.91 Å². The number of thioether (sulfide) groups is 1. The summed E-state index contributed by atoms with van der Waals surface area (Å²) < 4.78 is 48.7. The molecule has 1 aromatic heterocycles. The first-order valence-corrected chi connectivity index (χ1v) is 12.2. The Hall–Kier alpha value is -3.33. The van der Waals surface area contributed by atoms with Gasteiger partial charge in [-0.3, -0.25) is 19.3 Å². The monoisotopic (exact) mass is 497 g/mol. The SMILES string of the molecule is [2H]C1([2H])Sc2ccccc2[C@@H](N2[C@@H]3CC[C@@H](C)CN3C(=O)c3c(O)c(=O)ccn32)c2ccc(F)c(F)c21. The number of carbonyl (C=O) groups is 1. The van der Waals surface area contributed by atoms with Gasteiger partial charge in [0.2, 0.25) is 5.43 Å². The van der Waals surface area contributed by atoms with Gasteiger partial charge in [0.15, 0.2) is 23.1 Å². The maximum Gasteiger partial charge on any atom is 0.278 e. The van der Waals surface area contributed by atoms with Crippen LogP contribution in [0.1, 0.15) is 55.7 Å². The Kier molecular flexibility index (Phi) is 4.62. The zero-order valence-electron chi connectivity index (χ0n) is 20.7. The molecule has 180 valence electrons. The van der Waals surface area contributed by atoms with Gasteiger partial charge >= 0.3 is 0 Å². The normalized spacial score (nSPS) is 25.5. The minimum atomic E-state index is -2.30. The summed E-state index contributed by atoms with van der Waals surface area (Å²) in [5.41, 5.74) is -2.77. The first kappa shape index (κ1) is 19.9. The molecule has 0 spiro atoms. The number of hydrogen-bond donors (Lipinski definition) is 1. The fourth-order valence-electron chi connectivity index (χ4n) is 5.37. The third-order valence-electron chi connectivity index (χ3n) is 7.02. The van der Waals surface area contributed by atoms with E-state index in [4.69, 9.17) is 2.74 Å². The number of piperidine rings is 1. The number of benzene rings is 2. The van der Waals surface area contributed by atoms with Gasteiger partial charge in [-0.05, 0) is 42.0 Å². The Morgan fingerprint density at radius 1 is 1.09 bits per heavy atom. The summed E-state index contributed by atoms with van der Waals surface area (Å²) in [6.45, 7) is 2.40. The molecule has 0 radical (unpaired) electrons. The molecule has 0 saturated carbocycles. The third-order valence-corrected chi connectivity index (χ3v) is 7.92. The molecular formula is C26H23F2N3O3S. The Morgan fingerprint density at radius 3 is 2.71 bits per heavy atom. The van der Waals surface area contributed by atoms with E-state index in [1.165, 1.54) is 16.9 Å². The molecule has 35 heavy (non-hydrogen) atoms. The van der Waals surface area contributed by atoms with Crippen molar-refractivity contribution >= 4 is 17.7 Å². The molecule has 9 heteroatoms. The van der Waals surface area contributed by atoms with E-state index < -0.39 is 52.2 Å². The van der Waals surface area contributed by atoms with Gasteiger partial charge in [-0.2, -0.15) is 0 Å². The molecule has 1 amide bonds. The van der Waals surface area contributed by atoms with Crippen molar-refractivity contribution in [2.24, 2.45) is 5.92 Å². The molecule has 6 rings (SSSR count). The third kappa shape index (κ3) is 3.28. The largest absolute Gasteiger partial charge is 0.502 e. The zero-order valence-corrected chi connectivity index (χ0v) is 19.6. The standard InChI is InChI=1S/C26H23F2N3O3S/c1-14-6-9-21-29(12-14)26(34)24-25(33)19(32)10-11-30(24)31(21)23-15-7-8-18(27)22(28)17(15)13-35-20-5-3-2-4-16(20)23/h2-5,7-8,10-11,14,21,23,33H,6,9,12-13H2,1H3/t14-,21-,23+/m1/s1/i13D2. The molecule has 0 unspecified atom stereocenters. The second-order valence-electron chi connectivity index (χ2n) is 9.19. The lowest BCUT2D eigenvalue weighted by Gasteiger charge is -2.52. The molecule has 3 aliphatic rings. The van der Waals surface area contributed by atoms with Crippen LogP contribution >= 0.6 is 11.8 Å². The molecule has 3 aliphatic heterocycles. The quantitative estimate of drug-likeness (QED) is 0.541. The lowest BCUT2D eigenvalue weighted by atomic mass is 9.90. The predicted molar refractivity (Wildman–Crippen MR) is 128 cm³/mol. The number of amides is 1. The van der Waals surface area contributed by atoms with Crippen LogP contribution in [0, 0.1) is 17.6 Å². The summed E-state index contributed by atoms with van der Waals surface area (Å²) in [5.74, 6) is -3.42. The highest BCUT2D eigenvalue weighted by Crippen LogP contribution is 2.46. The molecule has 2 aromatic carbocycles. The van der Waals surface area contributed by atoms with Gasteiger partial charge in [0, 0.05) is 37.7 Å². The number of fused-ring (bicyclic) bond motifs is 4. The number of pyridine rings is 1. The number of aromatic nitrogens is 1. The summed E-state index contributed by atoms with van der Waals surface area (Å²) >= 11 is 0.796. The maximum absolute atomic E-state index is 15.4. The molecule has 1 fully saturated rings. The van der Waals surface area contributed by atoms with Crippen molar-refractivity contribution in [2.45, 2.75) is 42.6 Å². The van der Waals surface area contributed by atoms with Gasteiger partial charge in [0.05, 0.1) is 6.04 Å². The molecule has 1 N–H and O–H groups in total. The topological polar surface area (TPSA) is 65.8 Å². The van der Waals surface area contributed by atoms with Crippen LogP contribution in [-0.4, -0.2) is 33.3 Å². The van der Waals surface area contributed by atoms with Crippen molar-refractivity contribution in [3.8, 4) is 5.75 Å². The number of carbonyl (C=O) groups excluding carboxylic acids is 1. The van der Waals surface area contributed by atoms with Crippen molar-refractivity contribution in [3.63, 3.8) is 0 Å². The smallest absolute Gasteiger partial charge is 0.278 e. The highest BCUT2D eigenvalue weighted by molar-refractivity contribution is 7.98. The summed E-state index contributed by atoms with van der Waals surface area (Å²) in [6, 6.07) is 9.72. The summed E-state index contributed by atoms with van der Waals surface area (Å²) in [5, 5.41) is 12.5. The van der Waals surface area contributed by atoms with Crippen LogP contribution in [0.25, 0.3) is 0 Å². The molecule has 6 nitrogen and oxygen atoms in total. The minimum absolute atomic E-state index is 0.177. The maximum atomic E-state index is 15.4. The molecule has 4 heterocycles. The Labute approximate surface area is 207 Å². The average molecular weight is 498 g/mol. The highest BCUT2D eigenvalue weighted by Gasteiger charge is 2.46. The van der Waals surface area contributed by atoms with E-state index >= 15 is 4.39 Å². The van der Waals surface area contributed by atoms with Crippen LogP contribution in [0.4, 0.5) is 8.78 Å². The summed E-state index contributed by atoms with van der Waals surface area (Å²) in [4.78, 5) is 28.1. The fraction of sp³-hybridized carbons (Fsp3) is 0.308. The van der Waals surface area contributed by atoms with Crippen LogP contribution < -0.4 is 10.4 Å². The van der Waals surface area contributed by atoms with E-state index in [0.29, 0.717) is 23.4 Å². The van der Waals surface area contributed by atoms with Gasteiger partial charge in [-0.15, -0.1) is 11.8 Å². The van der Waals surface area contributed by atoms with Crippen LogP contribution in [0.3, 0.4) is 0 Å². The second kappa shape index (κ2) is 8.12. The number of aromatic hydroxyl groups is 1. The number of nitrogens with zero attached hydrogens (tertiary/aromatic N) is 3. The van der Waals surface area contributed by atoms with Crippen molar-refractivity contribution in [3.05, 3.63) is 92.9 Å². The van der Waals surface area contributed by atoms with Gasteiger partial charge in [-0.25, -0.2) is 8.78 Å². The average Bonchev–Trinajstić information content (AvgIpc) is 2.95. The molecule has 1 saturated heterocycles. The van der Waals surface area contributed by atoms with Crippen molar-refractivity contribution in [1.29, 1.82) is 0 Å². The minimum Gasteiger partial charge on any atom is -0.502 e. The highest BCUT2D eigenvalue weighted by atomic mass is 32.2. The van der Waals surface area contributed by atoms with E-state index in [1.54, 1.807) is 34.2 Å². The van der Waals surface area contributed by atoms with E-state index in [-0.39, 0.29) is 17.2 Å². The predicted octanol–water partition coefficient (Wildman–Crippen LogP) is 4.38. The first-order valence-electron chi connectivity index (χ1n) is 12.4. The van der Waals surface area contributed by atoms with Crippen LogP contribution in [0.2, 0.25) is 0 Å². The molecule has 0 bridgehead atoms. The number of rotatable bonds is 1. The molecular weight excluding hydrogens is 472 g/mol. The lowest BCUT2D eigenvalue weighted by molar-refractivity contribution is 0.0381. The summed E-state index contributed by atoms with van der Waals surface area (Å²) in [7, 11) is 0. The van der Waals surface area contributed by atoms with Crippen LogP contribution in [0.5, 0.6) is 5.75 Å². The fourth-order valence-corrected chi connectivity index (χ4v) is 6.24. The molecule has 3 aromatic rings. The van der Waals surface area contributed by atoms with Gasteiger partial charge in [0.1, 0.15) is 6.17 Å². The molecule has 3 atom stereocenters. The lowest BCUT2D eigenvalue weighted by Crippen LogP contribution is -2.64. The Morgan fingerprint density at radius 2 is 1.89 bits per heavy atom. The van der Waals surface area contributed by atoms with Crippen LogP contribution in [-0.2, 0) is 5.70 Å². The van der Waals surface area contributed by atoms with Crippen LogP contribution in [0.15, 0.2) is 58.4 Å². The molecule has 0 aliphatic carbocycles. The van der Waals surface area contributed by atoms with E-state index in [1.807, 2.05) is 6.92 Å². The van der Waals surface area contributed by atoms with E-state index in [9.17, 15) is 19.1 Å². The van der Waals surface area contributed by atoms with Crippen molar-refractivity contribution in [2.75, 3.05) is 11.6 Å². The number of hydrogen-bond acceptors (Lipinski definition) is 5. The Balaban J connectivity index is 1.70. The van der Waals surface area contributed by atoms with Gasteiger partial charge in [-0.1, -0.05) is 31.2 Å². The van der Waals surface area contributed by atoms with E-state index in [0.717, 1.165) is 30.3 Å². The second-order valence-corrected chi connectivity index (χ2v) is 10.0. The van der Waals surface area contributed by atoms with E-state index in [2.05, 4.69) is 0 Å². The van der Waals surface area contributed by atoms with Crippen molar-refractivity contribution < 1.29 is 21.4 Å². The zero-order chi connectivity index (χ0) is 26.2.